The molecule has 0 saturated heterocycles. The van der Waals surface area contributed by atoms with Crippen LogP contribution in [0.2, 0.25) is 0 Å². The van der Waals surface area contributed by atoms with Crippen molar-refractivity contribution < 1.29 is 4.79 Å². The minimum Gasteiger partial charge on any atom is -0.353 e. The van der Waals surface area contributed by atoms with E-state index < -0.39 is 0 Å². The molecule has 4 unspecified atom stereocenters. The van der Waals surface area contributed by atoms with Crippen molar-refractivity contribution in [2.75, 3.05) is 6.54 Å². The van der Waals surface area contributed by atoms with Crippen molar-refractivity contribution in [3.05, 3.63) is 0 Å². The van der Waals surface area contributed by atoms with Crippen LogP contribution in [0.25, 0.3) is 0 Å². The Bertz CT molecular complexity index is 295. The molecule has 3 aliphatic carbocycles. The molecule has 0 aliphatic heterocycles. The third-order valence-corrected chi connectivity index (χ3v) is 5.25. The summed E-state index contributed by atoms with van der Waals surface area (Å²) in [7, 11) is 0. The highest BCUT2D eigenvalue weighted by atomic mass is 16.2. The largest absolute Gasteiger partial charge is 0.353 e. The maximum atomic E-state index is 12.2. The molecule has 96 valence electrons. The van der Waals surface area contributed by atoms with Crippen LogP contribution in [0.5, 0.6) is 0 Å². The Morgan fingerprint density at radius 1 is 1.06 bits per heavy atom. The first-order chi connectivity index (χ1) is 8.31. The van der Waals surface area contributed by atoms with Gasteiger partial charge in [0.15, 0.2) is 0 Å². The van der Waals surface area contributed by atoms with E-state index >= 15 is 0 Å². The van der Waals surface area contributed by atoms with Gasteiger partial charge in [0.05, 0.1) is 0 Å². The molecule has 17 heavy (non-hydrogen) atoms. The van der Waals surface area contributed by atoms with Crippen LogP contribution in [0.3, 0.4) is 0 Å². The fourth-order valence-corrected chi connectivity index (χ4v) is 4.17. The molecule has 3 N–H and O–H groups in total. The summed E-state index contributed by atoms with van der Waals surface area (Å²) >= 11 is 0. The number of amides is 1. The summed E-state index contributed by atoms with van der Waals surface area (Å²) in [6.45, 7) is 0.725. The van der Waals surface area contributed by atoms with Crippen LogP contribution < -0.4 is 11.1 Å². The molecule has 0 radical (unpaired) electrons. The molecule has 1 amide bonds. The van der Waals surface area contributed by atoms with E-state index in [1.54, 1.807) is 0 Å². The fraction of sp³-hybridized carbons (Fsp3) is 0.929. The Morgan fingerprint density at radius 3 is 2.47 bits per heavy atom. The fourth-order valence-electron chi connectivity index (χ4n) is 4.17. The van der Waals surface area contributed by atoms with Crippen molar-refractivity contribution in [3.8, 4) is 0 Å². The molecule has 0 spiro atoms. The first kappa shape index (κ1) is 11.5. The van der Waals surface area contributed by atoms with Gasteiger partial charge >= 0.3 is 0 Å². The van der Waals surface area contributed by atoms with E-state index in [9.17, 15) is 4.79 Å². The Balaban J connectivity index is 1.53. The molecule has 0 aromatic carbocycles. The zero-order valence-electron chi connectivity index (χ0n) is 10.5. The molecule has 3 aliphatic rings. The summed E-state index contributed by atoms with van der Waals surface area (Å²) in [6.07, 6.45) is 8.77. The molecule has 0 aromatic rings. The summed E-state index contributed by atoms with van der Waals surface area (Å²) in [5.41, 5.74) is 5.80. The maximum absolute atomic E-state index is 12.2. The Morgan fingerprint density at radius 2 is 1.76 bits per heavy atom. The maximum Gasteiger partial charge on any atom is 0.223 e. The predicted octanol–water partition coefficient (Wildman–Crippen LogP) is 1.67. The van der Waals surface area contributed by atoms with E-state index in [0.717, 1.165) is 24.8 Å². The number of nitrogens with one attached hydrogen (secondary N) is 1. The average Bonchev–Trinajstić information content (AvgIpc) is 2.84. The van der Waals surface area contributed by atoms with Crippen molar-refractivity contribution in [2.24, 2.45) is 29.4 Å². The second-order valence-corrected chi connectivity index (χ2v) is 6.18. The molecule has 0 bridgehead atoms. The number of hydrogen-bond acceptors (Lipinski definition) is 2. The van der Waals surface area contributed by atoms with Crippen molar-refractivity contribution in [2.45, 2.75) is 51.0 Å². The zero-order valence-corrected chi connectivity index (χ0v) is 10.5. The van der Waals surface area contributed by atoms with E-state index in [1.165, 1.54) is 38.5 Å². The van der Waals surface area contributed by atoms with E-state index in [0.29, 0.717) is 23.8 Å². The first-order valence-electron chi connectivity index (χ1n) is 7.31. The van der Waals surface area contributed by atoms with Gasteiger partial charge in [0.25, 0.3) is 0 Å². The molecule has 0 heterocycles. The highest BCUT2D eigenvalue weighted by molar-refractivity contribution is 5.82. The quantitative estimate of drug-likeness (QED) is 0.783. The molecule has 4 atom stereocenters. The third-order valence-electron chi connectivity index (χ3n) is 5.25. The van der Waals surface area contributed by atoms with Crippen LogP contribution in [0.15, 0.2) is 0 Å². The Hall–Kier alpha value is -0.570. The zero-order chi connectivity index (χ0) is 11.8. The normalized spacial score (nSPS) is 44.2. The van der Waals surface area contributed by atoms with E-state index in [4.69, 9.17) is 5.73 Å². The minimum absolute atomic E-state index is 0.338. The average molecular weight is 236 g/mol. The Labute approximate surface area is 104 Å². The highest BCUT2D eigenvalue weighted by Crippen LogP contribution is 2.57. The second kappa shape index (κ2) is 4.60. The van der Waals surface area contributed by atoms with Crippen LogP contribution in [0.1, 0.15) is 44.9 Å². The van der Waals surface area contributed by atoms with Crippen molar-refractivity contribution >= 4 is 5.91 Å². The van der Waals surface area contributed by atoms with Gasteiger partial charge in [-0.2, -0.15) is 0 Å². The molecule has 3 rings (SSSR count). The SMILES string of the molecule is NCC1CCCCC1NC(=O)C1C2CCCC21. The van der Waals surface area contributed by atoms with Crippen LogP contribution in [-0.2, 0) is 4.79 Å². The summed E-state index contributed by atoms with van der Waals surface area (Å²) in [6, 6.07) is 0.363. The van der Waals surface area contributed by atoms with Crippen molar-refractivity contribution in [1.82, 2.24) is 5.32 Å². The number of fused-ring (bicyclic) bond motifs is 1. The van der Waals surface area contributed by atoms with Crippen LogP contribution in [0.4, 0.5) is 0 Å². The summed E-state index contributed by atoms with van der Waals surface area (Å²) in [5, 5.41) is 3.29. The number of carbonyl (C=O) groups is 1. The molecule has 3 nitrogen and oxygen atoms in total. The summed E-state index contributed by atoms with van der Waals surface area (Å²) in [4.78, 5) is 12.2. The van der Waals surface area contributed by atoms with Gasteiger partial charge in [-0.15, -0.1) is 0 Å². The highest BCUT2D eigenvalue weighted by Gasteiger charge is 2.56. The number of carbonyl (C=O) groups excluding carboxylic acids is 1. The monoisotopic (exact) mass is 236 g/mol. The third kappa shape index (κ3) is 2.10. The number of rotatable bonds is 3. The van der Waals surface area contributed by atoms with E-state index in [-0.39, 0.29) is 0 Å². The smallest absolute Gasteiger partial charge is 0.223 e. The lowest BCUT2D eigenvalue weighted by Gasteiger charge is -2.31. The van der Waals surface area contributed by atoms with Gasteiger partial charge in [-0.05, 0) is 50.0 Å². The molecule has 3 heteroatoms. The molecule has 0 aromatic heterocycles. The van der Waals surface area contributed by atoms with Crippen LogP contribution in [-0.4, -0.2) is 18.5 Å². The lowest BCUT2D eigenvalue weighted by molar-refractivity contribution is -0.124. The van der Waals surface area contributed by atoms with Crippen molar-refractivity contribution in [3.63, 3.8) is 0 Å². The van der Waals surface area contributed by atoms with Gasteiger partial charge < -0.3 is 11.1 Å². The predicted molar refractivity (Wildman–Crippen MR) is 67.3 cm³/mol. The van der Waals surface area contributed by atoms with Gasteiger partial charge in [-0.25, -0.2) is 0 Å². The Kier molecular flexibility index (Phi) is 3.12. The number of hydrogen-bond donors (Lipinski definition) is 2. The van der Waals surface area contributed by atoms with Crippen molar-refractivity contribution in [1.29, 1.82) is 0 Å². The van der Waals surface area contributed by atoms with E-state index in [2.05, 4.69) is 5.32 Å². The lowest BCUT2D eigenvalue weighted by atomic mass is 9.84. The lowest BCUT2D eigenvalue weighted by Crippen LogP contribution is -2.45. The van der Waals surface area contributed by atoms with E-state index in [1.807, 2.05) is 0 Å². The van der Waals surface area contributed by atoms with Gasteiger partial charge in [-0.3, -0.25) is 4.79 Å². The van der Waals surface area contributed by atoms with Crippen LogP contribution in [0, 0.1) is 23.7 Å². The van der Waals surface area contributed by atoms with Gasteiger partial charge in [0, 0.05) is 12.0 Å². The van der Waals surface area contributed by atoms with Gasteiger partial charge in [0.1, 0.15) is 0 Å². The summed E-state index contributed by atoms with van der Waals surface area (Å²) in [5.74, 6) is 2.69. The number of nitrogens with two attached hydrogens (primary N) is 1. The topological polar surface area (TPSA) is 55.1 Å². The first-order valence-corrected chi connectivity index (χ1v) is 7.31. The molecule has 3 fully saturated rings. The standard InChI is InChI=1S/C14H24N2O/c15-8-9-4-1-2-7-12(9)16-14(17)13-10-5-3-6-11(10)13/h9-13H,1-8,15H2,(H,16,17). The molecular weight excluding hydrogens is 212 g/mol. The summed E-state index contributed by atoms with van der Waals surface area (Å²) < 4.78 is 0. The second-order valence-electron chi connectivity index (χ2n) is 6.18. The van der Waals surface area contributed by atoms with Gasteiger partial charge in [0.2, 0.25) is 5.91 Å². The minimum atomic E-state index is 0.338. The van der Waals surface area contributed by atoms with Gasteiger partial charge in [-0.1, -0.05) is 19.3 Å². The van der Waals surface area contributed by atoms with Crippen LogP contribution >= 0.6 is 0 Å². The molecule has 3 saturated carbocycles. The molecular formula is C14H24N2O.